The standard InChI is InChI=1S/C17H18N2O2/c1-21-16-5-3-2-4-13(16)11-17(20)19-14-6-7-15-12(10-14)8-9-18-15/h2-7,10,18H,8-9,11H2,1H3,(H,19,20). The molecule has 21 heavy (non-hydrogen) atoms. The second-order valence-electron chi connectivity index (χ2n) is 5.09. The lowest BCUT2D eigenvalue weighted by Gasteiger charge is -2.10. The zero-order valence-corrected chi connectivity index (χ0v) is 12.0. The van der Waals surface area contributed by atoms with E-state index in [0.29, 0.717) is 6.42 Å². The molecule has 1 aliphatic rings. The van der Waals surface area contributed by atoms with Crippen molar-refractivity contribution in [3.8, 4) is 5.75 Å². The Bertz CT molecular complexity index is 668. The monoisotopic (exact) mass is 282 g/mol. The summed E-state index contributed by atoms with van der Waals surface area (Å²) >= 11 is 0. The number of benzene rings is 2. The third kappa shape index (κ3) is 2.99. The summed E-state index contributed by atoms with van der Waals surface area (Å²) in [6.45, 7) is 0.966. The maximum absolute atomic E-state index is 12.2. The van der Waals surface area contributed by atoms with Crippen LogP contribution in [0.3, 0.4) is 0 Å². The number of hydrogen-bond donors (Lipinski definition) is 2. The van der Waals surface area contributed by atoms with Gasteiger partial charge in [0.15, 0.2) is 0 Å². The molecule has 1 aliphatic heterocycles. The van der Waals surface area contributed by atoms with E-state index in [0.717, 1.165) is 35.7 Å². The molecule has 2 aromatic rings. The number of hydrogen-bond acceptors (Lipinski definition) is 3. The number of anilines is 2. The Morgan fingerprint density at radius 3 is 3.00 bits per heavy atom. The molecule has 0 atom stereocenters. The fourth-order valence-electron chi connectivity index (χ4n) is 2.61. The molecule has 0 aliphatic carbocycles. The third-order valence-corrected chi connectivity index (χ3v) is 3.64. The maximum Gasteiger partial charge on any atom is 0.228 e. The number of ether oxygens (including phenoxy) is 1. The van der Waals surface area contributed by atoms with Gasteiger partial charge < -0.3 is 15.4 Å². The predicted molar refractivity (Wildman–Crippen MR) is 84.0 cm³/mol. The smallest absolute Gasteiger partial charge is 0.228 e. The lowest BCUT2D eigenvalue weighted by molar-refractivity contribution is -0.115. The normalized spacial score (nSPS) is 12.4. The summed E-state index contributed by atoms with van der Waals surface area (Å²) in [6.07, 6.45) is 1.31. The van der Waals surface area contributed by atoms with Gasteiger partial charge >= 0.3 is 0 Å². The van der Waals surface area contributed by atoms with E-state index in [-0.39, 0.29) is 5.91 Å². The van der Waals surface area contributed by atoms with Crippen molar-refractivity contribution in [2.75, 3.05) is 24.3 Å². The Hall–Kier alpha value is -2.49. The van der Waals surface area contributed by atoms with E-state index >= 15 is 0 Å². The average Bonchev–Trinajstić information content (AvgIpc) is 2.95. The van der Waals surface area contributed by atoms with Gasteiger partial charge in [-0.15, -0.1) is 0 Å². The second-order valence-corrected chi connectivity index (χ2v) is 5.09. The van der Waals surface area contributed by atoms with Crippen molar-refractivity contribution in [3.05, 3.63) is 53.6 Å². The largest absolute Gasteiger partial charge is 0.496 e. The first-order chi connectivity index (χ1) is 10.3. The van der Waals surface area contributed by atoms with Crippen LogP contribution in [0.2, 0.25) is 0 Å². The van der Waals surface area contributed by atoms with Gasteiger partial charge in [-0.05, 0) is 36.2 Å². The Morgan fingerprint density at radius 2 is 2.14 bits per heavy atom. The highest BCUT2D eigenvalue weighted by Gasteiger charge is 2.12. The molecule has 0 saturated heterocycles. The van der Waals surface area contributed by atoms with Gasteiger partial charge in [0.1, 0.15) is 5.75 Å². The molecule has 1 heterocycles. The van der Waals surface area contributed by atoms with E-state index in [1.54, 1.807) is 7.11 Å². The fourth-order valence-corrected chi connectivity index (χ4v) is 2.61. The summed E-state index contributed by atoms with van der Waals surface area (Å²) in [5.41, 5.74) is 4.15. The van der Waals surface area contributed by atoms with Crippen LogP contribution in [-0.4, -0.2) is 19.6 Å². The van der Waals surface area contributed by atoms with Gasteiger partial charge in [-0.25, -0.2) is 0 Å². The Morgan fingerprint density at radius 1 is 1.29 bits per heavy atom. The summed E-state index contributed by atoms with van der Waals surface area (Å²) in [5, 5.41) is 6.26. The highest BCUT2D eigenvalue weighted by Crippen LogP contribution is 2.25. The molecule has 2 N–H and O–H groups in total. The molecule has 0 unspecified atom stereocenters. The second kappa shape index (κ2) is 5.87. The van der Waals surface area contributed by atoms with Crippen molar-refractivity contribution >= 4 is 17.3 Å². The predicted octanol–water partition coefficient (Wildman–Crippen LogP) is 2.84. The molecule has 0 radical (unpaired) electrons. The van der Waals surface area contributed by atoms with E-state index < -0.39 is 0 Å². The summed E-state index contributed by atoms with van der Waals surface area (Å²) in [5.74, 6) is 0.705. The van der Waals surface area contributed by atoms with Crippen LogP contribution >= 0.6 is 0 Å². The van der Waals surface area contributed by atoms with Gasteiger partial charge in [-0.1, -0.05) is 18.2 Å². The number of carbonyl (C=O) groups excluding carboxylic acids is 1. The molecule has 1 amide bonds. The molecule has 0 saturated carbocycles. The lowest BCUT2D eigenvalue weighted by Crippen LogP contribution is -2.15. The lowest BCUT2D eigenvalue weighted by atomic mass is 10.1. The molecular formula is C17H18N2O2. The SMILES string of the molecule is COc1ccccc1CC(=O)Nc1ccc2c(c1)CCN2. The van der Waals surface area contributed by atoms with Crippen LogP contribution in [0.15, 0.2) is 42.5 Å². The molecule has 0 fully saturated rings. The first-order valence-electron chi connectivity index (χ1n) is 7.05. The number of para-hydroxylation sites is 1. The van der Waals surface area contributed by atoms with E-state index in [2.05, 4.69) is 10.6 Å². The molecule has 4 nitrogen and oxygen atoms in total. The highest BCUT2D eigenvalue weighted by atomic mass is 16.5. The van der Waals surface area contributed by atoms with Crippen LogP contribution in [0.5, 0.6) is 5.75 Å². The van der Waals surface area contributed by atoms with E-state index in [1.165, 1.54) is 5.56 Å². The van der Waals surface area contributed by atoms with Crippen molar-refractivity contribution in [3.63, 3.8) is 0 Å². The van der Waals surface area contributed by atoms with Crippen LogP contribution in [0, 0.1) is 0 Å². The van der Waals surface area contributed by atoms with Gasteiger partial charge in [0.2, 0.25) is 5.91 Å². The number of fused-ring (bicyclic) bond motifs is 1. The van der Waals surface area contributed by atoms with E-state index in [4.69, 9.17) is 4.74 Å². The molecule has 0 spiro atoms. The van der Waals surface area contributed by atoms with Gasteiger partial charge in [0.25, 0.3) is 0 Å². The minimum Gasteiger partial charge on any atom is -0.496 e. The summed E-state index contributed by atoms with van der Waals surface area (Å²) < 4.78 is 5.27. The quantitative estimate of drug-likeness (QED) is 0.906. The number of nitrogens with one attached hydrogen (secondary N) is 2. The van der Waals surface area contributed by atoms with Crippen molar-refractivity contribution in [1.29, 1.82) is 0 Å². The van der Waals surface area contributed by atoms with Crippen LogP contribution in [0.25, 0.3) is 0 Å². The maximum atomic E-state index is 12.2. The zero-order chi connectivity index (χ0) is 14.7. The molecule has 2 aromatic carbocycles. The molecule has 4 heteroatoms. The van der Waals surface area contributed by atoms with Crippen LogP contribution in [-0.2, 0) is 17.6 Å². The summed E-state index contributed by atoms with van der Waals surface area (Å²) in [6, 6.07) is 13.6. The molecular weight excluding hydrogens is 264 g/mol. The third-order valence-electron chi connectivity index (χ3n) is 3.64. The number of amides is 1. The first-order valence-corrected chi connectivity index (χ1v) is 7.05. The van der Waals surface area contributed by atoms with Crippen LogP contribution < -0.4 is 15.4 Å². The van der Waals surface area contributed by atoms with Crippen molar-refractivity contribution in [2.45, 2.75) is 12.8 Å². The average molecular weight is 282 g/mol. The van der Waals surface area contributed by atoms with Gasteiger partial charge in [0.05, 0.1) is 13.5 Å². The first kappa shape index (κ1) is 13.5. The molecule has 0 bridgehead atoms. The van der Waals surface area contributed by atoms with Crippen LogP contribution in [0.4, 0.5) is 11.4 Å². The number of methoxy groups -OCH3 is 1. The Kier molecular flexibility index (Phi) is 3.77. The summed E-state index contributed by atoms with van der Waals surface area (Å²) in [4.78, 5) is 12.2. The van der Waals surface area contributed by atoms with Crippen molar-refractivity contribution in [1.82, 2.24) is 0 Å². The van der Waals surface area contributed by atoms with Crippen LogP contribution in [0.1, 0.15) is 11.1 Å². The Labute approximate surface area is 124 Å². The van der Waals surface area contributed by atoms with Gasteiger partial charge in [-0.3, -0.25) is 4.79 Å². The Balaban J connectivity index is 1.69. The molecule has 3 rings (SSSR count). The van der Waals surface area contributed by atoms with Gasteiger partial charge in [-0.2, -0.15) is 0 Å². The van der Waals surface area contributed by atoms with Crippen molar-refractivity contribution in [2.24, 2.45) is 0 Å². The molecule has 108 valence electrons. The van der Waals surface area contributed by atoms with E-state index in [1.807, 2.05) is 42.5 Å². The molecule has 0 aromatic heterocycles. The zero-order valence-electron chi connectivity index (χ0n) is 12.0. The summed E-state index contributed by atoms with van der Waals surface area (Å²) in [7, 11) is 1.62. The fraction of sp³-hybridized carbons (Fsp3) is 0.235. The minimum absolute atomic E-state index is 0.0367. The number of rotatable bonds is 4. The highest BCUT2D eigenvalue weighted by molar-refractivity contribution is 5.93. The topological polar surface area (TPSA) is 50.4 Å². The minimum atomic E-state index is -0.0367. The van der Waals surface area contributed by atoms with Crippen molar-refractivity contribution < 1.29 is 9.53 Å². The van der Waals surface area contributed by atoms with Gasteiger partial charge in [0, 0.05) is 23.5 Å². The number of carbonyl (C=O) groups is 1. The van der Waals surface area contributed by atoms with E-state index in [9.17, 15) is 4.79 Å².